The quantitative estimate of drug-likeness (QED) is 0.919. The zero-order chi connectivity index (χ0) is 14.1. The molecule has 1 aromatic rings. The lowest BCUT2D eigenvalue weighted by molar-refractivity contribution is 0.0696. The Kier molecular flexibility index (Phi) is 3.36. The number of methoxy groups -OCH3 is 1. The molecule has 1 aromatic carbocycles. The van der Waals surface area contributed by atoms with Gasteiger partial charge in [0, 0.05) is 7.11 Å². The fourth-order valence-corrected chi connectivity index (χ4v) is 2.65. The first-order chi connectivity index (χ1) is 9.69. The Balaban J connectivity index is 2.00. The van der Waals surface area contributed by atoms with E-state index < -0.39 is 5.97 Å². The van der Waals surface area contributed by atoms with Crippen LogP contribution in [0, 0.1) is 0 Å². The third kappa shape index (κ3) is 2.25. The average molecular weight is 276 g/mol. The molecular weight excluding hydrogens is 260 g/mol. The van der Waals surface area contributed by atoms with Crippen LogP contribution in [-0.4, -0.2) is 31.1 Å². The van der Waals surface area contributed by atoms with E-state index in [2.05, 4.69) is 6.08 Å². The van der Waals surface area contributed by atoms with Crippen LogP contribution in [-0.2, 0) is 4.74 Å². The van der Waals surface area contributed by atoms with Crippen molar-refractivity contribution in [3.8, 4) is 11.5 Å². The topological polar surface area (TPSA) is 65.0 Å². The maximum atomic E-state index is 11.4. The molecule has 1 atom stereocenters. The van der Waals surface area contributed by atoms with Crippen LogP contribution in [0.5, 0.6) is 11.5 Å². The van der Waals surface area contributed by atoms with Crippen molar-refractivity contribution in [3.63, 3.8) is 0 Å². The van der Waals surface area contributed by atoms with Gasteiger partial charge in [0.05, 0.1) is 11.7 Å². The number of allylic oxidation sites excluding steroid dienone is 1. The molecule has 1 aliphatic heterocycles. The molecule has 1 unspecified atom stereocenters. The van der Waals surface area contributed by atoms with Crippen LogP contribution in [0.1, 0.15) is 35.2 Å². The van der Waals surface area contributed by atoms with Gasteiger partial charge in [-0.2, -0.15) is 0 Å². The number of carbonyl (C=O) groups is 1. The van der Waals surface area contributed by atoms with E-state index in [9.17, 15) is 9.90 Å². The standard InChI is InChI=1S/C15H16O5/c1-18-10-4-2-9(3-5-10)11-6-13-14(20-8-19-13)7-12(11)15(16)17/h2,6-7,10H,3-5,8H2,1H3,(H,16,17). The van der Waals surface area contributed by atoms with E-state index in [-0.39, 0.29) is 18.5 Å². The molecule has 5 heteroatoms. The van der Waals surface area contributed by atoms with Gasteiger partial charge in [-0.25, -0.2) is 4.79 Å². The molecule has 20 heavy (non-hydrogen) atoms. The van der Waals surface area contributed by atoms with Crippen molar-refractivity contribution in [1.82, 2.24) is 0 Å². The van der Waals surface area contributed by atoms with Gasteiger partial charge in [-0.05, 0) is 42.5 Å². The third-order valence-corrected chi connectivity index (χ3v) is 3.79. The molecule has 0 saturated heterocycles. The summed E-state index contributed by atoms with van der Waals surface area (Å²) in [7, 11) is 1.70. The van der Waals surface area contributed by atoms with Crippen LogP contribution in [0.3, 0.4) is 0 Å². The molecule has 1 N–H and O–H groups in total. The van der Waals surface area contributed by atoms with Crippen LogP contribution >= 0.6 is 0 Å². The summed E-state index contributed by atoms with van der Waals surface area (Å²) < 4.78 is 15.9. The molecule has 0 aromatic heterocycles. The normalized spacial score (nSPS) is 20.6. The summed E-state index contributed by atoms with van der Waals surface area (Å²) in [5.74, 6) is 0.158. The Hall–Kier alpha value is -2.01. The fourth-order valence-electron chi connectivity index (χ4n) is 2.65. The molecule has 0 bridgehead atoms. The minimum absolute atomic E-state index is 0.142. The van der Waals surface area contributed by atoms with Gasteiger partial charge >= 0.3 is 5.97 Å². The number of rotatable bonds is 3. The summed E-state index contributed by atoms with van der Waals surface area (Å²) in [5, 5.41) is 9.38. The summed E-state index contributed by atoms with van der Waals surface area (Å²) in [6.45, 7) is 0.142. The second kappa shape index (κ2) is 5.17. The number of carboxylic acid groups (broad SMARTS) is 1. The SMILES string of the molecule is COC1CC=C(c2cc3c(cc2C(=O)O)OCO3)CC1. The van der Waals surface area contributed by atoms with E-state index in [1.165, 1.54) is 0 Å². The number of aromatic carboxylic acids is 1. The monoisotopic (exact) mass is 276 g/mol. The minimum atomic E-state index is -0.951. The van der Waals surface area contributed by atoms with Crippen molar-refractivity contribution in [3.05, 3.63) is 29.3 Å². The van der Waals surface area contributed by atoms with Crippen LogP contribution in [0.4, 0.5) is 0 Å². The van der Waals surface area contributed by atoms with Gasteiger partial charge in [0.2, 0.25) is 6.79 Å². The molecule has 0 saturated carbocycles. The highest BCUT2D eigenvalue weighted by molar-refractivity contribution is 5.95. The number of carboxylic acids is 1. The molecule has 0 spiro atoms. The first-order valence-electron chi connectivity index (χ1n) is 6.58. The van der Waals surface area contributed by atoms with Gasteiger partial charge in [0.1, 0.15) is 0 Å². The van der Waals surface area contributed by atoms with E-state index in [1.807, 2.05) is 0 Å². The van der Waals surface area contributed by atoms with E-state index >= 15 is 0 Å². The van der Waals surface area contributed by atoms with Gasteiger partial charge in [-0.3, -0.25) is 0 Å². The maximum absolute atomic E-state index is 11.4. The number of hydrogen-bond acceptors (Lipinski definition) is 4. The molecule has 3 rings (SSSR count). The van der Waals surface area contributed by atoms with Crippen LogP contribution in [0.15, 0.2) is 18.2 Å². The summed E-state index contributed by atoms with van der Waals surface area (Å²) in [6, 6.07) is 3.31. The highest BCUT2D eigenvalue weighted by Gasteiger charge is 2.24. The van der Waals surface area contributed by atoms with Crippen molar-refractivity contribution in [1.29, 1.82) is 0 Å². The molecule has 1 heterocycles. The van der Waals surface area contributed by atoms with Gasteiger partial charge < -0.3 is 19.3 Å². The zero-order valence-electron chi connectivity index (χ0n) is 11.2. The second-order valence-corrected chi connectivity index (χ2v) is 4.92. The van der Waals surface area contributed by atoms with Crippen molar-refractivity contribution >= 4 is 11.5 Å². The molecular formula is C15H16O5. The molecule has 0 radical (unpaired) electrons. The average Bonchev–Trinajstić information content (AvgIpc) is 2.93. The second-order valence-electron chi connectivity index (χ2n) is 4.92. The fraction of sp³-hybridized carbons (Fsp3) is 0.400. The summed E-state index contributed by atoms with van der Waals surface area (Å²) in [4.78, 5) is 11.4. The van der Waals surface area contributed by atoms with Gasteiger partial charge in [0.25, 0.3) is 0 Å². The van der Waals surface area contributed by atoms with Crippen LogP contribution in [0.2, 0.25) is 0 Å². The molecule has 106 valence electrons. The van der Waals surface area contributed by atoms with Gasteiger partial charge in [0.15, 0.2) is 11.5 Å². The Labute approximate surface area is 116 Å². The number of fused-ring (bicyclic) bond motifs is 1. The molecule has 1 aliphatic carbocycles. The molecule has 0 amide bonds. The van der Waals surface area contributed by atoms with Crippen LogP contribution < -0.4 is 9.47 Å². The summed E-state index contributed by atoms with van der Waals surface area (Å²) in [5.41, 5.74) is 2.02. The Morgan fingerprint density at radius 3 is 2.70 bits per heavy atom. The van der Waals surface area contributed by atoms with E-state index in [1.54, 1.807) is 19.2 Å². The lowest BCUT2D eigenvalue weighted by atomic mass is 9.89. The van der Waals surface area contributed by atoms with Crippen molar-refractivity contribution in [2.75, 3.05) is 13.9 Å². The smallest absolute Gasteiger partial charge is 0.336 e. The Bertz CT molecular complexity index is 576. The van der Waals surface area contributed by atoms with Crippen molar-refractivity contribution in [2.24, 2.45) is 0 Å². The number of hydrogen-bond donors (Lipinski definition) is 1. The van der Waals surface area contributed by atoms with Crippen LogP contribution in [0.25, 0.3) is 5.57 Å². The largest absolute Gasteiger partial charge is 0.478 e. The van der Waals surface area contributed by atoms with Gasteiger partial charge in [-0.1, -0.05) is 6.08 Å². The van der Waals surface area contributed by atoms with E-state index in [0.717, 1.165) is 30.4 Å². The van der Waals surface area contributed by atoms with Crippen molar-refractivity contribution in [2.45, 2.75) is 25.4 Å². The Morgan fingerprint density at radius 1 is 1.35 bits per heavy atom. The number of benzene rings is 1. The minimum Gasteiger partial charge on any atom is -0.478 e. The predicted molar refractivity (Wildman–Crippen MR) is 72.1 cm³/mol. The first kappa shape index (κ1) is 13.0. The molecule has 5 nitrogen and oxygen atoms in total. The van der Waals surface area contributed by atoms with E-state index in [0.29, 0.717) is 11.5 Å². The van der Waals surface area contributed by atoms with Crippen molar-refractivity contribution < 1.29 is 24.1 Å². The van der Waals surface area contributed by atoms with Gasteiger partial charge in [-0.15, -0.1) is 0 Å². The highest BCUT2D eigenvalue weighted by atomic mass is 16.7. The maximum Gasteiger partial charge on any atom is 0.336 e. The molecule has 2 aliphatic rings. The first-order valence-corrected chi connectivity index (χ1v) is 6.58. The lowest BCUT2D eigenvalue weighted by Crippen LogP contribution is -2.14. The predicted octanol–water partition coefficient (Wildman–Crippen LogP) is 2.70. The Morgan fingerprint density at radius 2 is 2.10 bits per heavy atom. The summed E-state index contributed by atoms with van der Waals surface area (Å²) in [6.07, 6.45) is 4.79. The highest BCUT2D eigenvalue weighted by Crippen LogP contribution is 2.39. The summed E-state index contributed by atoms with van der Waals surface area (Å²) >= 11 is 0. The number of ether oxygens (including phenoxy) is 3. The zero-order valence-corrected chi connectivity index (χ0v) is 11.2. The lowest BCUT2D eigenvalue weighted by Gasteiger charge is -2.21. The van der Waals surface area contributed by atoms with E-state index in [4.69, 9.17) is 14.2 Å². The molecule has 0 fully saturated rings. The third-order valence-electron chi connectivity index (χ3n) is 3.79.